The Morgan fingerprint density at radius 2 is 1.72 bits per heavy atom. The fourth-order valence-electron chi connectivity index (χ4n) is 1.45. The Morgan fingerprint density at radius 1 is 0.944 bits per heavy atom. The van der Waals surface area contributed by atoms with Gasteiger partial charge < -0.3 is 15.5 Å². The third-order valence-corrected chi connectivity index (χ3v) is 2.41. The highest BCUT2D eigenvalue weighted by molar-refractivity contribution is 5.61. The lowest BCUT2D eigenvalue weighted by Gasteiger charge is -2.03. The normalized spacial score (nSPS) is 10.7. The number of rotatable bonds is 3. The van der Waals surface area contributed by atoms with Crippen LogP contribution in [0.25, 0.3) is 0 Å². The SMILES string of the molecule is CNc1ccc(N=Nc2ccccc2O)cc1O. The maximum Gasteiger partial charge on any atom is 0.143 e. The molecule has 0 bridgehead atoms. The number of para-hydroxylation sites is 1. The van der Waals surface area contributed by atoms with Gasteiger partial charge in [0.2, 0.25) is 0 Å². The summed E-state index contributed by atoms with van der Waals surface area (Å²) in [6.07, 6.45) is 0. The molecule has 2 rings (SSSR count). The van der Waals surface area contributed by atoms with Crippen molar-refractivity contribution in [2.24, 2.45) is 10.2 Å². The molecule has 2 aromatic rings. The molecule has 92 valence electrons. The van der Waals surface area contributed by atoms with E-state index in [0.29, 0.717) is 17.1 Å². The Hall–Kier alpha value is -2.56. The number of benzene rings is 2. The van der Waals surface area contributed by atoms with Crippen LogP contribution in [0.2, 0.25) is 0 Å². The number of aromatic hydroxyl groups is 2. The van der Waals surface area contributed by atoms with E-state index >= 15 is 0 Å². The van der Waals surface area contributed by atoms with E-state index in [9.17, 15) is 10.2 Å². The molecule has 5 heteroatoms. The number of phenolic OH excluding ortho intramolecular Hbond substituents is 2. The van der Waals surface area contributed by atoms with Crippen LogP contribution in [-0.2, 0) is 0 Å². The maximum absolute atomic E-state index is 9.63. The van der Waals surface area contributed by atoms with Crippen molar-refractivity contribution in [2.75, 3.05) is 12.4 Å². The van der Waals surface area contributed by atoms with Gasteiger partial charge in [0.15, 0.2) is 0 Å². The minimum atomic E-state index is 0.0670. The molecule has 0 amide bonds. The zero-order valence-electron chi connectivity index (χ0n) is 9.83. The Kier molecular flexibility index (Phi) is 3.43. The summed E-state index contributed by atoms with van der Waals surface area (Å²) in [6.45, 7) is 0. The second-order valence-electron chi connectivity index (χ2n) is 3.64. The van der Waals surface area contributed by atoms with Gasteiger partial charge in [0.05, 0.1) is 11.4 Å². The van der Waals surface area contributed by atoms with Crippen molar-refractivity contribution in [1.29, 1.82) is 0 Å². The van der Waals surface area contributed by atoms with Crippen molar-refractivity contribution in [3.8, 4) is 11.5 Å². The minimum absolute atomic E-state index is 0.0670. The fourth-order valence-corrected chi connectivity index (χ4v) is 1.45. The Balaban J connectivity index is 2.24. The van der Waals surface area contributed by atoms with Gasteiger partial charge in [-0.1, -0.05) is 12.1 Å². The van der Waals surface area contributed by atoms with Crippen molar-refractivity contribution in [3.63, 3.8) is 0 Å². The highest BCUT2D eigenvalue weighted by Crippen LogP contribution is 2.30. The Bertz CT molecular complexity index is 582. The van der Waals surface area contributed by atoms with E-state index in [1.165, 1.54) is 12.1 Å². The average molecular weight is 243 g/mol. The molecule has 3 N–H and O–H groups in total. The number of azo groups is 1. The number of hydrogen-bond donors (Lipinski definition) is 3. The first kappa shape index (κ1) is 11.9. The van der Waals surface area contributed by atoms with Gasteiger partial charge in [-0.2, -0.15) is 5.11 Å². The molecule has 0 radical (unpaired) electrons. The first-order valence-corrected chi connectivity index (χ1v) is 5.41. The summed E-state index contributed by atoms with van der Waals surface area (Å²) in [5.41, 5.74) is 1.51. The lowest BCUT2D eigenvalue weighted by molar-refractivity contribution is 0.476. The standard InChI is InChI=1S/C13H13N3O2/c1-14-10-7-6-9(8-13(10)18)15-16-11-4-2-3-5-12(11)17/h2-8,14,17-18H,1H3. The van der Waals surface area contributed by atoms with Crippen molar-refractivity contribution in [1.82, 2.24) is 0 Å². The molecule has 0 atom stereocenters. The Labute approximate surface area is 104 Å². The van der Waals surface area contributed by atoms with E-state index in [1.54, 1.807) is 37.4 Å². The van der Waals surface area contributed by atoms with Gasteiger partial charge in [-0.3, -0.25) is 0 Å². The molecule has 0 aliphatic heterocycles. The van der Waals surface area contributed by atoms with Crippen LogP contribution >= 0.6 is 0 Å². The zero-order chi connectivity index (χ0) is 13.0. The molecular weight excluding hydrogens is 230 g/mol. The predicted octanol–water partition coefficient (Wildman–Crippen LogP) is 3.55. The van der Waals surface area contributed by atoms with Crippen LogP contribution in [0.1, 0.15) is 0 Å². The first-order valence-electron chi connectivity index (χ1n) is 5.41. The number of hydrogen-bond acceptors (Lipinski definition) is 5. The second kappa shape index (κ2) is 5.18. The van der Waals surface area contributed by atoms with Crippen LogP contribution in [0.4, 0.5) is 17.1 Å². The van der Waals surface area contributed by atoms with Crippen LogP contribution in [0.5, 0.6) is 11.5 Å². The monoisotopic (exact) mass is 243 g/mol. The summed E-state index contributed by atoms with van der Waals surface area (Å²) in [6, 6.07) is 11.6. The highest BCUT2D eigenvalue weighted by Gasteiger charge is 2.00. The summed E-state index contributed by atoms with van der Waals surface area (Å²) in [5, 5.41) is 29.9. The molecule has 0 aliphatic carbocycles. The first-order chi connectivity index (χ1) is 8.70. The van der Waals surface area contributed by atoms with Gasteiger partial charge >= 0.3 is 0 Å². The van der Waals surface area contributed by atoms with Crippen molar-refractivity contribution >= 4 is 17.1 Å². The van der Waals surface area contributed by atoms with E-state index in [2.05, 4.69) is 15.5 Å². The fraction of sp³-hybridized carbons (Fsp3) is 0.0769. The average Bonchev–Trinajstić information content (AvgIpc) is 2.38. The van der Waals surface area contributed by atoms with Gasteiger partial charge in [0.25, 0.3) is 0 Å². The van der Waals surface area contributed by atoms with Crippen LogP contribution in [0.3, 0.4) is 0 Å². The maximum atomic E-state index is 9.63. The summed E-state index contributed by atoms with van der Waals surface area (Å²) < 4.78 is 0. The summed E-state index contributed by atoms with van der Waals surface area (Å²) >= 11 is 0. The molecule has 0 fully saturated rings. The molecule has 0 aliphatic rings. The minimum Gasteiger partial charge on any atom is -0.506 e. The van der Waals surface area contributed by atoms with Crippen LogP contribution in [-0.4, -0.2) is 17.3 Å². The van der Waals surface area contributed by atoms with E-state index in [0.717, 1.165) is 0 Å². The predicted molar refractivity (Wildman–Crippen MR) is 69.9 cm³/mol. The molecule has 2 aromatic carbocycles. The van der Waals surface area contributed by atoms with Crippen LogP contribution in [0, 0.1) is 0 Å². The lowest BCUT2D eigenvalue weighted by Crippen LogP contribution is -1.86. The lowest BCUT2D eigenvalue weighted by atomic mass is 10.2. The van der Waals surface area contributed by atoms with E-state index in [-0.39, 0.29) is 11.5 Å². The third-order valence-electron chi connectivity index (χ3n) is 2.41. The number of nitrogens with one attached hydrogen (secondary N) is 1. The number of nitrogens with zero attached hydrogens (tertiary/aromatic N) is 2. The van der Waals surface area contributed by atoms with Crippen molar-refractivity contribution in [2.45, 2.75) is 0 Å². The topological polar surface area (TPSA) is 77.2 Å². The largest absolute Gasteiger partial charge is 0.506 e. The molecule has 18 heavy (non-hydrogen) atoms. The molecule has 0 aromatic heterocycles. The molecule has 0 saturated heterocycles. The molecule has 0 saturated carbocycles. The number of anilines is 1. The summed E-state index contributed by atoms with van der Waals surface area (Å²) in [4.78, 5) is 0. The summed E-state index contributed by atoms with van der Waals surface area (Å²) in [5.74, 6) is 0.170. The van der Waals surface area contributed by atoms with Crippen molar-refractivity contribution in [3.05, 3.63) is 42.5 Å². The van der Waals surface area contributed by atoms with E-state index in [1.807, 2.05) is 0 Å². The van der Waals surface area contributed by atoms with Gasteiger partial charge in [0.1, 0.15) is 17.2 Å². The van der Waals surface area contributed by atoms with Gasteiger partial charge in [-0.05, 0) is 24.3 Å². The summed E-state index contributed by atoms with van der Waals surface area (Å²) in [7, 11) is 1.72. The van der Waals surface area contributed by atoms with E-state index in [4.69, 9.17) is 0 Å². The zero-order valence-corrected chi connectivity index (χ0v) is 9.83. The van der Waals surface area contributed by atoms with Gasteiger partial charge in [0, 0.05) is 13.1 Å². The van der Waals surface area contributed by atoms with Gasteiger partial charge in [-0.25, -0.2) is 0 Å². The van der Waals surface area contributed by atoms with Crippen LogP contribution in [0.15, 0.2) is 52.7 Å². The van der Waals surface area contributed by atoms with Crippen LogP contribution < -0.4 is 5.32 Å². The molecule has 5 nitrogen and oxygen atoms in total. The Morgan fingerprint density at radius 3 is 2.39 bits per heavy atom. The van der Waals surface area contributed by atoms with E-state index < -0.39 is 0 Å². The van der Waals surface area contributed by atoms with Crippen molar-refractivity contribution < 1.29 is 10.2 Å². The van der Waals surface area contributed by atoms with Gasteiger partial charge in [-0.15, -0.1) is 5.11 Å². The third kappa shape index (κ3) is 2.57. The molecular formula is C13H13N3O2. The quantitative estimate of drug-likeness (QED) is 0.569. The number of phenols is 2. The smallest absolute Gasteiger partial charge is 0.143 e. The molecule has 0 unspecified atom stereocenters. The second-order valence-corrected chi connectivity index (χ2v) is 3.64. The molecule has 0 heterocycles. The highest BCUT2D eigenvalue weighted by atomic mass is 16.3. The molecule has 0 spiro atoms.